The topological polar surface area (TPSA) is 66.4 Å². The molecule has 3 rings (SSSR count). The first kappa shape index (κ1) is 17.2. The van der Waals surface area contributed by atoms with Crippen LogP contribution in [0.15, 0.2) is 60.0 Å². The summed E-state index contributed by atoms with van der Waals surface area (Å²) in [6.07, 6.45) is 0.189. The van der Waals surface area contributed by atoms with Gasteiger partial charge in [0.2, 0.25) is 5.91 Å². The van der Waals surface area contributed by atoms with Crippen LogP contribution in [0.4, 0.5) is 5.00 Å². The molecule has 0 radical (unpaired) electrons. The molecular weight excluding hydrogens is 358 g/mol. The molecule has 0 bridgehead atoms. The number of carbonyl (C=O) groups is 2. The first-order chi connectivity index (χ1) is 12.0. The highest BCUT2D eigenvalue weighted by Crippen LogP contribution is 2.36. The van der Waals surface area contributed by atoms with Gasteiger partial charge in [0, 0.05) is 16.0 Å². The molecule has 25 heavy (non-hydrogen) atoms. The van der Waals surface area contributed by atoms with Crippen LogP contribution in [0.3, 0.4) is 0 Å². The number of nitrogens with one attached hydrogen (secondary N) is 1. The summed E-state index contributed by atoms with van der Waals surface area (Å²) in [7, 11) is 0. The Labute approximate surface area is 153 Å². The number of carbonyl (C=O) groups excluding carboxylic acids is 1. The summed E-state index contributed by atoms with van der Waals surface area (Å²) in [6, 6.07) is 16.2. The van der Waals surface area contributed by atoms with Crippen molar-refractivity contribution in [2.45, 2.75) is 6.42 Å². The van der Waals surface area contributed by atoms with Gasteiger partial charge >= 0.3 is 5.97 Å². The molecule has 3 aromatic rings. The Morgan fingerprint density at radius 1 is 1.04 bits per heavy atom. The Balaban J connectivity index is 1.85. The highest BCUT2D eigenvalue weighted by Gasteiger charge is 2.21. The molecule has 0 aliphatic rings. The second-order valence-electron chi connectivity index (χ2n) is 5.38. The molecule has 2 aromatic carbocycles. The van der Waals surface area contributed by atoms with E-state index in [1.54, 1.807) is 29.6 Å². The van der Waals surface area contributed by atoms with Crippen LogP contribution < -0.4 is 5.32 Å². The standard InChI is InChI=1S/C19H14ClNO3S/c20-14-8-6-13(7-9-14)15-11-25-18(17(15)19(23)24)21-16(22)10-12-4-2-1-3-5-12/h1-9,11H,10H2,(H,21,22)(H,23,24). The van der Waals surface area contributed by atoms with Crippen molar-refractivity contribution >= 4 is 39.8 Å². The molecule has 1 heterocycles. The van der Waals surface area contributed by atoms with Gasteiger partial charge in [-0.2, -0.15) is 0 Å². The minimum absolute atomic E-state index is 0.0914. The number of halogens is 1. The van der Waals surface area contributed by atoms with E-state index < -0.39 is 5.97 Å². The Kier molecular flexibility index (Phi) is 5.16. The molecule has 0 unspecified atom stereocenters. The lowest BCUT2D eigenvalue weighted by Gasteiger charge is -2.06. The van der Waals surface area contributed by atoms with E-state index >= 15 is 0 Å². The second kappa shape index (κ2) is 7.51. The molecule has 4 nitrogen and oxygen atoms in total. The Morgan fingerprint density at radius 2 is 1.72 bits per heavy atom. The maximum absolute atomic E-state index is 12.2. The zero-order valence-corrected chi connectivity index (χ0v) is 14.6. The molecule has 0 aliphatic heterocycles. The summed E-state index contributed by atoms with van der Waals surface area (Å²) in [4.78, 5) is 23.9. The van der Waals surface area contributed by atoms with E-state index in [1.165, 1.54) is 11.3 Å². The fourth-order valence-corrected chi connectivity index (χ4v) is 3.56. The van der Waals surface area contributed by atoms with Crippen LogP contribution in [0.5, 0.6) is 0 Å². The monoisotopic (exact) mass is 371 g/mol. The first-order valence-electron chi connectivity index (χ1n) is 7.49. The second-order valence-corrected chi connectivity index (χ2v) is 6.69. The molecule has 0 atom stereocenters. The summed E-state index contributed by atoms with van der Waals surface area (Å²) < 4.78 is 0. The van der Waals surface area contributed by atoms with Crippen molar-refractivity contribution in [3.05, 3.63) is 76.1 Å². The molecule has 0 saturated carbocycles. The van der Waals surface area contributed by atoms with E-state index in [9.17, 15) is 14.7 Å². The van der Waals surface area contributed by atoms with Crippen LogP contribution in [0.2, 0.25) is 5.02 Å². The predicted octanol–water partition coefficient (Wildman–Crippen LogP) is 4.95. The van der Waals surface area contributed by atoms with Crippen molar-refractivity contribution < 1.29 is 14.7 Å². The van der Waals surface area contributed by atoms with Gasteiger partial charge < -0.3 is 10.4 Å². The van der Waals surface area contributed by atoms with Crippen molar-refractivity contribution in [2.24, 2.45) is 0 Å². The average Bonchev–Trinajstić information content (AvgIpc) is 3.00. The van der Waals surface area contributed by atoms with Crippen LogP contribution in [0.25, 0.3) is 11.1 Å². The van der Waals surface area contributed by atoms with Gasteiger partial charge in [-0.05, 0) is 23.3 Å². The van der Waals surface area contributed by atoms with Gasteiger partial charge in [-0.3, -0.25) is 4.79 Å². The Hall–Kier alpha value is -2.63. The Bertz CT molecular complexity index is 904. The fraction of sp³-hybridized carbons (Fsp3) is 0.0526. The first-order valence-corrected chi connectivity index (χ1v) is 8.75. The number of hydrogen-bond donors (Lipinski definition) is 2. The highest BCUT2D eigenvalue weighted by molar-refractivity contribution is 7.15. The normalized spacial score (nSPS) is 10.4. The third kappa shape index (κ3) is 4.07. The maximum atomic E-state index is 12.2. The van der Waals surface area contributed by atoms with Gasteiger partial charge in [0.15, 0.2) is 0 Å². The molecule has 1 amide bonds. The smallest absolute Gasteiger partial charge is 0.339 e. The molecule has 6 heteroatoms. The van der Waals surface area contributed by atoms with E-state index in [2.05, 4.69) is 5.32 Å². The van der Waals surface area contributed by atoms with Gasteiger partial charge in [-0.25, -0.2) is 4.79 Å². The van der Waals surface area contributed by atoms with Crippen molar-refractivity contribution in [1.82, 2.24) is 0 Å². The van der Waals surface area contributed by atoms with Crippen molar-refractivity contribution in [1.29, 1.82) is 0 Å². The van der Waals surface area contributed by atoms with Crippen molar-refractivity contribution in [2.75, 3.05) is 5.32 Å². The molecular formula is C19H14ClNO3S. The van der Waals surface area contributed by atoms with Gasteiger partial charge in [-0.15, -0.1) is 11.3 Å². The summed E-state index contributed by atoms with van der Waals surface area (Å²) in [5.74, 6) is -1.33. The van der Waals surface area contributed by atoms with E-state index in [-0.39, 0.29) is 17.9 Å². The van der Waals surface area contributed by atoms with E-state index in [4.69, 9.17) is 11.6 Å². The largest absolute Gasteiger partial charge is 0.478 e. The third-order valence-corrected chi connectivity index (χ3v) is 4.77. The zero-order chi connectivity index (χ0) is 17.8. The quantitative estimate of drug-likeness (QED) is 0.667. The van der Waals surface area contributed by atoms with Crippen LogP contribution in [-0.4, -0.2) is 17.0 Å². The minimum atomic E-state index is -1.08. The van der Waals surface area contributed by atoms with E-state index in [0.717, 1.165) is 11.1 Å². The Morgan fingerprint density at radius 3 is 2.36 bits per heavy atom. The summed E-state index contributed by atoms with van der Waals surface area (Å²) in [5, 5.41) is 14.9. The molecule has 0 saturated heterocycles. The summed E-state index contributed by atoms with van der Waals surface area (Å²) >= 11 is 7.08. The number of carboxylic acid groups (broad SMARTS) is 1. The number of anilines is 1. The van der Waals surface area contributed by atoms with Gasteiger partial charge in [-0.1, -0.05) is 54.1 Å². The number of carboxylic acids is 1. The fourth-order valence-electron chi connectivity index (χ4n) is 2.46. The average molecular weight is 372 g/mol. The van der Waals surface area contributed by atoms with Crippen LogP contribution >= 0.6 is 22.9 Å². The van der Waals surface area contributed by atoms with Crippen LogP contribution in [0, 0.1) is 0 Å². The lowest BCUT2D eigenvalue weighted by molar-refractivity contribution is -0.115. The number of benzene rings is 2. The van der Waals surface area contributed by atoms with E-state index in [0.29, 0.717) is 15.6 Å². The number of amides is 1. The lowest BCUT2D eigenvalue weighted by Crippen LogP contribution is -2.15. The summed E-state index contributed by atoms with van der Waals surface area (Å²) in [5.41, 5.74) is 2.26. The van der Waals surface area contributed by atoms with Crippen molar-refractivity contribution in [3.63, 3.8) is 0 Å². The molecule has 1 aromatic heterocycles. The van der Waals surface area contributed by atoms with Gasteiger partial charge in [0.05, 0.1) is 6.42 Å². The molecule has 0 aliphatic carbocycles. The summed E-state index contributed by atoms with van der Waals surface area (Å²) in [6.45, 7) is 0. The molecule has 2 N–H and O–H groups in total. The van der Waals surface area contributed by atoms with Crippen molar-refractivity contribution in [3.8, 4) is 11.1 Å². The maximum Gasteiger partial charge on any atom is 0.339 e. The number of thiophene rings is 1. The van der Waals surface area contributed by atoms with Gasteiger partial charge in [0.25, 0.3) is 0 Å². The predicted molar refractivity (Wildman–Crippen MR) is 101 cm³/mol. The van der Waals surface area contributed by atoms with Crippen LogP contribution in [-0.2, 0) is 11.2 Å². The minimum Gasteiger partial charge on any atom is -0.478 e. The zero-order valence-electron chi connectivity index (χ0n) is 13.0. The van der Waals surface area contributed by atoms with Crippen LogP contribution in [0.1, 0.15) is 15.9 Å². The SMILES string of the molecule is O=C(Cc1ccccc1)Nc1scc(-c2ccc(Cl)cc2)c1C(=O)O. The molecule has 0 fully saturated rings. The molecule has 126 valence electrons. The highest BCUT2D eigenvalue weighted by atomic mass is 35.5. The van der Waals surface area contributed by atoms with Gasteiger partial charge in [0.1, 0.15) is 10.6 Å². The third-order valence-electron chi connectivity index (χ3n) is 3.62. The molecule has 0 spiro atoms. The van der Waals surface area contributed by atoms with E-state index in [1.807, 2.05) is 30.3 Å². The number of hydrogen-bond acceptors (Lipinski definition) is 3. The number of aromatic carboxylic acids is 1. The number of rotatable bonds is 5. The lowest BCUT2D eigenvalue weighted by atomic mass is 10.0.